The lowest BCUT2D eigenvalue weighted by Crippen LogP contribution is -2.60. The van der Waals surface area contributed by atoms with Crippen LogP contribution in [-0.2, 0) is 28.7 Å². The van der Waals surface area contributed by atoms with Crippen LogP contribution in [0.25, 0.3) is 0 Å². The molecule has 0 aromatic carbocycles. The molecular weight excluding hydrogens is 354 g/mol. The molecule has 0 amide bonds. The van der Waals surface area contributed by atoms with Crippen LogP contribution in [0.1, 0.15) is 0 Å². The van der Waals surface area contributed by atoms with Crippen molar-refractivity contribution in [3.63, 3.8) is 0 Å². The third-order valence-electron chi connectivity index (χ3n) is 3.80. The Kier molecular flexibility index (Phi) is 8.09. The molecule has 0 aromatic rings. The van der Waals surface area contributed by atoms with Gasteiger partial charge in [-0.15, -0.1) is 0 Å². The Hall–Kier alpha value is -2.57. The van der Waals surface area contributed by atoms with E-state index in [0.29, 0.717) is 0 Å². The van der Waals surface area contributed by atoms with Crippen molar-refractivity contribution in [1.29, 1.82) is 0 Å². The molecule has 12 nitrogen and oxygen atoms in total. The van der Waals surface area contributed by atoms with Crippen molar-refractivity contribution in [1.82, 2.24) is 10.2 Å². The number of morpholine rings is 1. The third kappa shape index (κ3) is 8.00. The number of carboxylic acid groups (broad SMARTS) is 3. The molecule has 0 radical (unpaired) electrons. The second-order valence-electron chi connectivity index (χ2n) is 6.02. The van der Waals surface area contributed by atoms with Crippen molar-refractivity contribution in [3.05, 3.63) is 0 Å². The van der Waals surface area contributed by atoms with Crippen molar-refractivity contribution >= 4 is 29.8 Å². The van der Waals surface area contributed by atoms with Gasteiger partial charge in [0.2, 0.25) is 0 Å². The Labute approximate surface area is 148 Å². The van der Waals surface area contributed by atoms with Gasteiger partial charge in [0.05, 0.1) is 32.7 Å². The average molecular weight is 376 g/mol. The minimum absolute atomic E-state index is 0.0495. The molecule has 12 heteroatoms. The molecule has 1 aliphatic rings. The van der Waals surface area contributed by atoms with E-state index in [4.69, 9.17) is 15.3 Å². The van der Waals surface area contributed by atoms with E-state index >= 15 is 0 Å². The monoisotopic (exact) mass is 376 g/mol. The summed E-state index contributed by atoms with van der Waals surface area (Å²) < 4.78 is 4.04. The van der Waals surface area contributed by atoms with Crippen molar-refractivity contribution < 1.29 is 48.5 Å². The molecule has 0 saturated carbocycles. The first-order chi connectivity index (χ1) is 12.1. The predicted octanol–water partition coefficient (Wildman–Crippen LogP) is -2.97. The van der Waals surface area contributed by atoms with Gasteiger partial charge in [0.25, 0.3) is 0 Å². The average Bonchev–Trinajstić information content (AvgIpc) is 2.47. The maximum Gasteiger partial charge on any atom is 0.359 e. The Morgan fingerprint density at radius 2 is 1.50 bits per heavy atom. The number of esters is 2. The van der Waals surface area contributed by atoms with Crippen LogP contribution in [0.4, 0.5) is 0 Å². The Morgan fingerprint density at radius 3 is 1.96 bits per heavy atom. The normalized spacial score (nSPS) is 15.5. The van der Waals surface area contributed by atoms with E-state index in [9.17, 15) is 24.0 Å². The Morgan fingerprint density at radius 1 is 0.962 bits per heavy atom. The van der Waals surface area contributed by atoms with Crippen LogP contribution in [0, 0.1) is 0 Å². The largest absolute Gasteiger partial charge is 0.480 e. The molecule has 0 aromatic heterocycles. The molecule has 0 atom stereocenters. The lowest BCUT2D eigenvalue weighted by molar-refractivity contribution is -0.912. The number of hydrogen-bond donors (Lipinski definition) is 4. The van der Waals surface area contributed by atoms with Crippen LogP contribution in [-0.4, -0.2) is 113 Å². The third-order valence-corrected chi connectivity index (χ3v) is 3.80. The van der Waals surface area contributed by atoms with Crippen LogP contribution in [0.15, 0.2) is 0 Å². The summed E-state index contributed by atoms with van der Waals surface area (Å²) in [5.74, 6) is -4.96. The van der Waals surface area contributed by atoms with Crippen LogP contribution in [0.3, 0.4) is 0 Å². The highest BCUT2D eigenvalue weighted by molar-refractivity contribution is 5.90. The number of ether oxygens (including phenoxy) is 1. The summed E-state index contributed by atoms with van der Waals surface area (Å²) in [6, 6.07) is 0. The zero-order valence-electron chi connectivity index (χ0n) is 14.0. The number of cyclic esters (lactones) is 2. The fourth-order valence-corrected chi connectivity index (χ4v) is 2.69. The van der Waals surface area contributed by atoms with Crippen LogP contribution in [0.5, 0.6) is 0 Å². The lowest BCUT2D eigenvalue weighted by atomic mass is 10.2. The van der Waals surface area contributed by atoms with Gasteiger partial charge < -0.3 is 29.9 Å². The second-order valence-corrected chi connectivity index (χ2v) is 6.02. The molecule has 1 fully saturated rings. The molecule has 0 bridgehead atoms. The fraction of sp³-hybridized carbons (Fsp3) is 0.643. The highest BCUT2D eigenvalue weighted by Crippen LogP contribution is 2.09. The number of aliphatic carboxylic acids is 3. The molecule has 1 saturated heterocycles. The van der Waals surface area contributed by atoms with E-state index in [2.05, 4.69) is 10.1 Å². The standard InChI is InChI=1S/C14H21N3O9/c18-10(19)5-15-1-3-17(8-11(20)21,9-12(22)23)4-2-16-6-13(24)26-14(25)7-16/h15H,1-9H2,(H2-,18,19,20,21,22,23)/p+1. The molecule has 146 valence electrons. The fourth-order valence-electron chi connectivity index (χ4n) is 2.69. The van der Waals surface area contributed by atoms with Gasteiger partial charge in [0.15, 0.2) is 13.1 Å². The van der Waals surface area contributed by atoms with Gasteiger partial charge in [0, 0.05) is 13.1 Å². The molecule has 1 heterocycles. The predicted molar refractivity (Wildman–Crippen MR) is 83.0 cm³/mol. The van der Waals surface area contributed by atoms with Crippen LogP contribution in [0.2, 0.25) is 0 Å². The van der Waals surface area contributed by atoms with Crippen LogP contribution < -0.4 is 5.32 Å². The van der Waals surface area contributed by atoms with Gasteiger partial charge in [-0.1, -0.05) is 0 Å². The number of quaternary nitrogens is 1. The van der Waals surface area contributed by atoms with Crippen molar-refractivity contribution in [2.45, 2.75) is 0 Å². The minimum atomic E-state index is -1.21. The molecule has 0 aliphatic carbocycles. The zero-order chi connectivity index (χ0) is 19.7. The number of carboxylic acids is 3. The summed E-state index contributed by atoms with van der Waals surface area (Å²) >= 11 is 0. The topological polar surface area (TPSA) is 171 Å². The molecule has 0 spiro atoms. The number of rotatable bonds is 12. The number of carbonyl (C=O) groups is 5. The van der Waals surface area contributed by atoms with Gasteiger partial charge >= 0.3 is 29.8 Å². The van der Waals surface area contributed by atoms with Crippen LogP contribution >= 0.6 is 0 Å². The molecular formula is C14H22N3O9+. The number of nitrogens with one attached hydrogen (secondary N) is 1. The maximum atomic E-state index is 11.3. The van der Waals surface area contributed by atoms with Crippen molar-refractivity contribution in [3.8, 4) is 0 Å². The van der Waals surface area contributed by atoms with Gasteiger partial charge in [-0.2, -0.15) is 0 Å². The maximum absolute atomic E-state index is 11.3. The van der Waals surface area contributed by atoms with Gasteiger partial charge in [-0.05, 0) is 0 Å². The van der Waals surface area contributed by atoms with Gasteiger partial charge in [-0.25, -0.2) is 9.59 Å². The van der Waals surface area contributed by atoms with E-state index in [0.717, 1.165) is 0 Å². The Balaban J connectivity index is 2.79. The SMILES string of the molecule is O=C(O)CNCC[N+](CCN1CC(=O)OC(=O)C1)(CC(=O)O)CC(=O)O. The van der Waals surface area contributed by atoms with Gasteiger partial charge in [0.1, 0.15) is 0 Å². The summed E-state index contributed by atoms with van der Waals surface area (Å²) in [4.78, 5) is 57.0. The number of nitrogens with zero attached hydrogens (tertiary/aromatic N) is 2. The number of hydrogen-bond acceptors (Lipinski definition) is 8. The first-order valence-electron chi connectivity index (χ1n) is 7.79. The van der Waals surface area contributed by atoms with Gasteiger partial charge in [-0.3, -0.25) is 19.3 Å². The Bertz CT molecular complexity index is 546. The van der Waals surface area contributed by atoms with Crippen molar-refractivity contribution in [2.24, 2.45) is 0 Å². The summed E-state index contributed by atoms with van der Waals surface area (Å²) in [5, 5.41) is 29.5. The highest BCUT2D eigenvalue weighted by Gasteiger charge is 2.35. The lowest BCUT2D eigenvalue weighted by Gasteiger charge is -2.37. The molecule has 26 heavy (non-hydrogen) atoms. The number of carbonyl (C=O) groups excluding carboxylic acids is 2. The quantitative estimate of drug-likeness (QED) is 0.119. The van der Waals surface area contributed by atoms with Crippen molar-refractivity contribution in [2.75, 3.05) is 58.9 Å². The minimum Gasteiger partial charge on any atom is -0.480 e. The molecule has 4 N–H and O–H groups in total. The highest BCUT2D eigenvalue weighted by atomic mass is 16.6. The first-order valence-corrected chi connectivity index (χ1v) is 7.79. The molecule has 1 aliphatic heterocycles. The van der Waals surface area contributed by atoms with E-state index in [1.165, 1.54) is 4.90 Å². The summed E-state index contributed by atoms with van der Waals surface area (Å²) in [7, 11) is 0. The summed E-state index contributed by atoms with van der Waals surface area (Å²) in [5.41, 5.74) is 0. The summed E-state index contributed by atoms with van der Waals surface area (Å²) in [6.45, 7) is -1.32. The smallest absolute Gasteiger partial charge is 0.359 e. The van der Waals surface area contributed by atoms with E-state index in [1.54, 1.807) is 0 Å². The first kappa shape index (κ1) is 21.5. The zero-order valence-corrected chi connectivity index (χ0v) is 14.0. The molecule has 0 unspecified atom stereocenters. The second kappa shape index (κ2) is 9.79. The molecule has 1 rings (SSSR count). The van der Waals surface area contributed by atoms with E-state index in [-0.39, 0.29) is 50.3 Å². The summed E-state index contributed by atoms with van der Waals surface area (Å²) in [6.07, 6.45) is 0. The van der Waals surface area contributed by atoms with E-state index < -0.39 is 42.9 Å². The van der Waals surface area contributed by atoms with E-state index in [1.807, 2.05) is 0 Å².